The Hall–Kier alpha value is -2.71. The highest BCUT2D eigenvalue weighted by atomic mass is 16.5. The van der Waals surface area contributed by atoms with Crippen LogP contribution in [0.5, 0.6) is 0 Å². The summed E-state index contributed by atoms with van der Waals surface area (Å²) in [6.07, 6.45) is -2.59. The van der Waals surface area contributed by atoms with Gasteiger partial charge in [0.1, 0.15) is 24.4 Å². The van der Waals surface area contributed by atoms with Crippen LogP contribution in [0.25, 0.3) is 10.9 Å². The summed E-state index contributed by atoms with van der Waals surface area (Å²) in [4.78, 5) is 0. The van der Waals surface area contributed by atoms with Gasteiger partial charge in [-0.1, -0.05) is 53.7 Å². The quantitative estimate of drug-likeness (QED) is 0.312. The number of benzene rings is 2. The van der Waals surface area contributed by atoms with Crippen LogP contribution in [-0.2, 0) is 11.2 Å². The lowest BCUT2D eigenvalue weighted by Gasteiger charge is -2.39. The Bertz CT molecular complexity index is 971. The van der Waals surface area contributed by atoms with E-state index in [-0.39, 0.29) is 0 Å². The molecule has 1 saturated heterocycles. The second kappa shape index (κ2) is 7.73. The number of ether oxygens (including phenoxy) is 1. The minimum Gasteiger partial charge on any atom is -0.411 e. The second-order valence-electron chi connectivity index (χ2n) is 6.97. The normalized spacial score (nSPS) is 28.2. The van der Waals surface area contributed by atoms with Crippen LogP contribution < -0.4 is 0 Å². The van der Waals surface area contributed by atoms with Crippen molar-refractivity contribution in [2.45, 2.75) is 37.1 Å². The molecule has 1 aromatic heterocycles. The minimum atomic E-state index is -1.44. The molecular weight excluding hydrogens is 360 g/mol. The summed E-state index contributed by atoms with van der Waals surface area (Å²) in [5.74, 6) is 0. The first-order valence-electron chi connectivity index (χ1n) is 9.09. The van der Waals surface area contributed by atoms with E-state index in [9.17, 15) is 15.3 Å². The number of aliphatic hydroxyl groups is 3. The smallest absolute Gasteiger partial charge is 0.163 e. The van der Waals surface area contributed by atoms with E-state index in [1.165, 1.54) is 0 Å². The molecule has 7 nitrogen and oxygen atoms in total. The van der Waals surface area contributed by atoms with E-state index in [4.69, 9.17) is 9.94 Å². The SMILES string of the molecule is ON=C[C@H]1O[C@@H](n2cc(Cc3ccccc3)c3ccccc32)[C@H](O)[C@@H](O)[C@@H]1O. The van der Waals surface area contributed by atoms with E-state index in [0.717, 1.165) is 28.2 Å². The fourth-order valence-electron chi connectivity index (χ4n) is 3.75. The van der Waals surface area contributed by atoms with E-state index >= 15 is 0 Å². The van der Waals surface area contributed by atoms with E-state index < -0.39 is 30.6 Å². The van der Waals surface area contributed by atoms with Gasteiger partial charge in [-0.05, 0) is 23.6 Å². The molecule has 0 aliphatic carbocycles. The first-order chi connectivity index (χ1) is 13.6. The molecule has 3 aromatic rings. The maximum Gasteiger partial charge on any atom is 0.163 e. The van der Waals surface area contributed by atoms with Gasteiger partial charge in [-0.3, -0.25) is 0 Å². The van der Waals surface area contributed by atoms with Crippen LogP contribution in [-0.4, -0.2) is 55.7 Å². The fourth-order valence-corrected chi connectivity index (χ4v) is 3.75. The molecule has 2 aromatic carbocycles. The summed E-state index contributed by atoms with van der Waals surface area (Å²) in [5, 5.41) is 43.6. The first-order valence-corrected chi connectivity index (χ1v) is 9.09. The van der Waals surface area contributed by atoms with Gasteiger partial charge in [-0.25, -0.2) is 0 Å². The van der Waals surface area contributed by atoms with Crippen molar-refractivity contribution in [3.63, 3.8) is 0 Å². The third-order valence-corrected chi connectivity index (χ3v) is 5.17. The van der Waals surface area contributed by atoms with Crippen LogP contribution in [0.3, 0.4) is 0 Å². The van der Waals surface area contributed by atoms with Crippen LogP contribution >= 0.6 is 0 Å². The third-order valence-electron chi connectivity index (χ3n) is 5.17. The van der Waals surface area contributed by atoms with Crippen LogP contribution in [0.15, 0.2) is 65.9 Å². The summed E-state index contributed by atoms with van der Waals surface area (Å²) in [7, 11) is 0. The highest BCUT2D eigenvalue weighted by Gasteiger charge is 2.44. The van der Waals surface area contributed by atoms with E-state index in [0.29, 0.717) is 6.42 Å². The van der Waals surface area contributed by atoms with Crippen molar-refractivity contribution >= 4 is 17.1 Å². The highest BCUT2D eigenvalue weighted by Crippen LogP contribution is 2.33. The number of aliphatic hydroxyl groups excluding tert-OH is 3. The number of aromatic nitrogens is 1. The number of oxime groups is 1. The predicted molar refractivity (Wildman–Crippen MR) is 103 cm³/mol. The van der Waals surface area contributed by atoms with E-state index in [1.807, 2.05) is 60.8 Å². The van der Waals surface area contributed by atoms with Crippen LogP contribution in [0.2, 0.25) is 0 Å². The number of hydrogen-bond acceptors (Lipinski definition) is 6. The van der Waals surface area contributed by atoms with Gasteiger partial charge in [-0.15, -0.1) is 0 Å². The lowest BCUT2D eigenvalue weighted by atomic mass is 9.98. The summed E-state index contributed by atoms with van der Waals surface area (Å²) < 4.78 is 7.53. The van der Waals surface area contributed by atoms with Crippen LogP contribution in [0.1, 0.15) is 17.4 Å². The Morgan fingerprint density at radius 1 is 0.929 bits per heavy atom. The Kier molecular flexibility index (Phi) is 5.15. The fraction of sp³-hybridized carbons (Fsp3) is 0.286. The average molecular weight is 382 g/mol. The molecular formula is C21H22N2O5. The molecule has 0 unspecified atom stereocenters. The summed E-state index contributed by atoms with van der Waals surface area (Å²) in [6.45, 7) is 0. The summed E-state index contributed by atoms with van der Waals surface area (Å²) in [6, 6.07) is 17.8. The largest absolute Gasteiger partial charge is 0.411 e. The molecule has 1 aliphatic rings. The van der Waals surface area contributed by atoms with Gasteiger partial charge in [-0.2, -0.15) is 0 Å². The first kappa shape index (κ1) is 18.6. The van der Waals surface area contributed by atoms with Gasteiger partial charge >= 0.3 is 0 Å². The zero-order valence-electron chi connectivity index (χ0n) is 15.0. The molecule has 7 heteroatoms. The topological polar surface area (TPSA) is 107 Å². The van der Waals surface area contributed by atoms with Gasteiger partial charge in [0.05, 0.1) is 11.7 Å². The number of nitrogens with zero attached hydrogens (tertiary/aromatic N) is 2. The molecule has 0 radical (unpaired) electrons. The van der Waals surface area contributed by atoms with Crippen molar-refractivity contribution in [1.82, 2.24) is 4.57 Å². The lowest BCUT2D eigenvalue weighted by molar-refractivity contribution is -0.225. The molecule has 4 rings (SSSR count). The monoisotopic (exact) mass is 382 g/mol. The Morgan fingerprint density at radius 3 is 2.39 bits per heavy atom. The molecule has 0 amide bonds. The summed E-state index contributed by atoms with van der Waals surface area (Å²) in [5.41, 5.74) is 3.03. The lowest BCUT2D eigenvalue weighted by Crippen LogP contribution is -2.55. The minimum absolute atomic E-state index is 0.698. The molecule has 0 saturated carbocycles. The van der Waals surface area contributed by atoms with Gasteiger partial charge < -0.3 is 29.8 Å². The van der Waals surface area contributed by atoms with Crippen molar-refractivity contribution in [3.05, 3.63) is 71.9 Å². The molecule has 2 heterocycles. The number of para-hydroxylation sites is 1. The van der Waals surface area contributed by atoms with Crippen molar-refractivity contribution in [2.75, 3.05) is 0 Å². The van der Waals surface area contributed by atoms with Crippen molar-refractivity contribution in [2.24, 2.45) is 5.16 Å². The maximum absolute atomic E-state index is 10.5. The molecule has 5 atom stereocenters. The summed E-state index contributed by atoms with van der Waals surface area (Å²) >= 11 is 0. The molecule has 0 bridgehead atoms. The van der Waals surface area contributed by atoms with E-state index in [1.54, 1.807) is 4.57 Å². The van der Waals surface area contributed by atoms with Gasteiger partial charge in [0.25, 0.3) is 0 Å². The van der Waals surface area contributed by atoms with Gasteiger partial charge in [0.15, 0.2) is 6.23 Å². The molecule has 28 heavy (non-hydrogen) atoms. The molecule has 0 spiro atoms. The van der Waals surface area contributed by atoms with Crippen LogP contribution in [0.4, 0.5) is 0 Å². The van der Waals surface area contributed by atoms with Crippen LogP contribution in [0, 0.1) is 0 Å². The predicted octanol–water partition coefficient (Wildman–Crippen LogP) is 1.67. The molecule has 1 fully saturated rings. The zero-order chi connectivity index (χ0) is 19.7. The second-order valence-corrected chi connectivity index (χ2v) is 6.97. The van der Waals surface area contributed by atoms with Crippen molar-refractivity contribution < 1.29 is 25.3 Å². The van der Waals surface area contributed by atoms with Gasteiger partial charge in [0, 0.05) is 11.6 Å². The van der Waals surface area contributed by atoms with E-state index in [2.05, 4.69) is 5.16 Å². The molecule has 4 N–H and O–H groups in total. The van der Waals surface area contributed by atoms with Crippen molar-refractivity contribution in [3.8, 4) is 0 Å². The Morgan fingerprint density at radius 2 is 1.64 bits per heavy atom. The maximum atomic E-state index is 10.5. The number of rotatable bonds is 4. The Labute approximate surface area is 161 Å². The Balaban J connectivity index is 1.76. The highest BCUT2D eigenvalue weighted by molar-refractivity contribution is 5.84. The standard InChI is InChI=1S/C21H22N2O5/c24-18-17(11-22-27)28-21(20(26)19(18)25)23-12-14(10-13-6-2-1-3-7-13)15-8-4-5-9-16(15)23/h1-9,11-12,17-21,24-27H,10H2/t17-,18-,19+,20-,21-/m1/s1. The average Bonchev–Trinajstić information content (AvgIpc) is 3.08. The number of fused-ring (bicyclic) bond motifs is 1. The zero-order valence-corrected chi connectivity index (χ0v) is 15.0. The number of hydrogen-bond donors (Lipinski definition) is 4. The third kappa shape index (κ3) is 3.29. The van der Waals surface area contributed by atoms with Crippen molar-refractivity contribution in [1.29, 1.82) is 0 Å². The molecule has 146 valence electrons. The van der Waals surface area contributed by atoms with Gasteiger partial charge in [0.2, 0.25) is 0 Å². The molecule has 1 aliphatic heterocycles.